The van der Waals surface area contributed by atoms with Gasteiger partial charge in [-0.1, -0.05) is 12.1 Å². The predicted octanol–water partition coefficient (Wildman–Crippen LogP) is 5.51. The van der Waals surface area contributed by atoms with Crippen molar-refractivity contribution in [2.75, 3.05) is 17.7 Å². The molecule has 0 heterocycles. The third-order valence-electron chi connectivity index (χ3n) is 4.70. The first-order valence-electron chi connectivity index (χ1n) is 9.97. The van der Waals surface area contributed by atoms with Crippen molar-refractivity contribution in [2.24, 2.45) is 0 Å². The van der Waals surface area contributed by atoms with E-state index < -0.39 is 41.2 Å². The minimum absolute atomic E-state index is 0.221. The van der Waals surface area contributed by atoms with Crippen LogP contribution in [0.1, 0.15) is 22.8 Å². The second-order valence-electron chi connectivity index (χ2n) is 7.12. The number of nitrogens with one attached hydrogen (secondary N) is 2. The van der Waals surface area contributed by atoms with Crippen molar-refractivity contribution in [1.29, 1.82) is 0 Å². The molecule has 0 fully saturated rings. The molecule has 3 aromatic rings. The van der Waals surface area contributed by atoms with Gasteiger partial charge in [0.15, 0.2) is 6.10 Å². The molecule has 0 aliphatic heterocycles. The van der Waals surface area contributed by atoms with Gasteiger partial charge in [0.2, 0.25) is 0 Å². The maximum absolute atomic E-state index is 13.8. The number of amides is 2. The zero-order valence-electron chi connectivity index (χ0n) is 18.1. The van der Waals surface area contributed by atoms with Crippen molar-refractivity contribution in [3.8, 4) is 11.5 Å². The van der Waals surface area contributed by atoms with Gasteiger partial charge in [-0.3, -0.25) is 9.59 Å². The minimum atomic E-state index is -4.85. The summed E-state index contributed by atoms with van der Waals surface area (Å²) in [5.41, 5.74) is -2.26. The van der Waals surface area contributed by atoms with E-state index in [1.54, 1.807) is 24.3 Å². The third kappa shape index (κ3) is 6.03. The van der Waals surface area contributed by atoms with Gasteiger partial charge in [-0.15, -0.1) is 0 Å². The van der Waals surface area contributed by atoms with E-state index in [1.165, 1.54) is 38.3 Å². The largest absolute Gasteiger partial charge is 0.497 e. The summed E-state index contributed by atoms with van der Waals surface area (Å²) in [6.45, 7) is 1.38. The molecule has 10 heteroatoms. The Balaban J connectivity index is 1.76. The van der Waals surface area contributed by atoms with Crippen LogP contribution in [0.5, 0.6) is 11.5 Å². The van der Waals surface area contributed by atoms with Crippen molar-refractivity contribution < 1.29 is 36.6 Å². The number of methoxy groups -OCH3 is 1. The second kappa shape index (κ2) is 10.2. The Kier molecular flexibility index (Phi) is 7.40. The van der Waals surface area contributed by atoms with Crippen molar-refractivity contribution in [2.45, 2.75) is 19.2 Å². The van der Waals surface area contributed by atoms with Crippen molar-refractivity contribution >= 4 is 23.2 Å². The summed E-state index contributed by atoms with van der Waals surface area (Å²) in [6.07, 6.45) is -5.96. The highest BCUT2D eigenvalue weighted by molar-refractivity contribution is 6.04. The van der Waals surface area contributed by atoms with Gasteiger partial charge in [0.05, 0.1) is 23.9 Å². The summed E-state index contributed by atoms with van der Waals surface area (Å²) in [6, 6.07) is 14.2. The van der Waals surface area contributed by atoms with E-state index in [0.717, 1.165) is 12.1 Å². The molecule has 0 saturated carbocycles. The number of hydrogen-bond donors (Lipinski definition) is 2. The summed E-state index contributed by atoms with van der Waals surface area (Å²) in [7, 11) is 1.49. The molecule has 178 valence electrons. The van der Waals surface area contributed by atoms with Gasteiger partial charge in [0, 0.05) is 5.69 Å². The molecule has 3 rings (SSSR count). The first-order valence-corrected chi connectivity index (χ1v) is 9.97. The van der Waals surface area contributed by atoms with E-state index in [-0.39, 0.29) is 11.3 Å². The van der Waals surface area contributed by atoms with Crippen molar-refractivity contribution in [3.05, 3.63) is 83.7 Å². The standard InChI is InChI=1S/C24H20F4N2O4/c1-14(34-17-10-8-16(33-2)9-11-17)22(31)30-21-12-7-15(13-19(21)24(26,27)28)29-23(32)18-5-3-4-6-20(18)25/h3-14H,1-2H3,(H,29,32)(H,30,31). The number of carbonyl (C=O) groups excluding carboxylic acids is 2. The number of carbonyl (C=O) groups is 2. The van der Waals surface area contributed by atoms with Crippen LogP contribution in [0, 0.1) is 5.82 Å². The molecule has 0 aliphatic carbocycles. The molecule has 1 atom stereocenters. The highest BCUT2D eigenvalue weighted by Gasteiger charge is 2.35. The van der Waals surface area contributed by atoms with E-state index in [0.29, 0.717) is 17.6 Å². The first kappa shape index (κ1) is 24.6. The van der Waals surface area contributed by atoms with Crippen LogP contribution in [0.15, 0.2) is 66.7 Å². The van der Waals surface area contributed by atoms with Gasteiger partial charge in [-0.05, 0) is 61.5 Å². The molecule has 3 aromatic carbocycles. The summed E-state index contributed by atoms with van der Waals surface area (Å²) < 4.78 is 65.2. The number of halogens is 4. The molecule has 0 spiro atoms. The number of benzene rings is 3. The molecule has 1 unspecified atom stereocenters. The maximum Gasteiger partial charge on any atom is 0.418 e. The molecule has 0 saturated heterocycles. The fourth-order valence-corrected chi connectivity index (χ4v) is 2.96. The fraction of sp³-hybridized carbons (Fsp3) is 0.167. The van der Waals surface area contributed by atoms with Gasteiger partial charge < -0.3 is 20.1 Å². The van der Waals surface area contributed by atoms with Crippen LogP contribution in [-0.2, 0) is 11.0 Å². The van der Waals surface area contributed by atoms with Crippen LogP contribution in [0.2, 0.25) is 0 Å². The van der Waals surface area contributed by atoms with Gasteiger partial charge in [0.1, 0.15) is 17.3 Å². The number of rotatable bonds is 7. The molecule has 2 amide bonds. The zero-order chi connectivity index (χ0) is 24.9. The second-order valence-corrected chi connectivity index (χ2v) is 7.12. The Labute approximate surface area is 192 Å². The normalized spacial score (nSPS) is 11.9. The molecule has 0 aromatic heterocycles. The molecule has 0 aliphatic rings. The Morgan fingerprint density at radius 2 is 1.56 bits per heavy atom. The summed E-state index contributed by atoms with van der Waals surface area (Å²) in [5, 5.41) is 4.43. The van der Waals surface area contributed by atoms with Crippen molar-refractivity contribution in [1.82, 2.24) is 0 Å². The zero-order valence-corrected chi connectivity index (χ0v) is 18.1. The lowest BCUT2D eigenvalue weighted by atomic mass is 10.1. The minimum Gasteiger partial charge on any atom is -0.497 e. The van der Waals surface area contributed by atoms with Gasteiger partial charge >= 0.3 is 6.18 Å². The quantitative estimate of drug-likeness (QED) is 0.441. The molecule has 0 radical (unpaired) electrons. The Morgan fingerprint density at radius 1 is 0.912 bits per heavy atom. The Morgan fingerprint density at radius 3 is 2.18 bits per heavy atom. The Hall–Kier alpha value is -4.08. The highest BCUT2D eigenvalue weighted by atomic mass is 19.4. The van der Waals surface area contributed by atoms with Crippen molar-refractivity contribution in [3.63, 3.8) is 0 Å². The lowest BCUT2D eigenvalue weighted by molar-refractivity contribution is -0.137. The number of ether oxygens (including phenoxy) is 2. The molecule has 34 heavy (non-hydrogen) atoms. The van der Waals surface area contributed by atoms with Crippen LogP contribution in [-0.4, -0.2) is 25.0 Å². The molecule has 0 bridgehead atoms. The van der Waals surface area contributed by atoms with Crippen LogP contribution < -0.4 is 20.1 Å². The number of alkyl halides is 3. The third-order valence-corrected chi connectivity index (χ3v) is 4.70. The first-order chi connectivity index (χ1) is 16.1. The summed E-state index contributed by atoms with van der Waals surface area (Å²) in [4.78, 5) is 24.7. The van der Waals surface area contributed by atoms with Gasteiger partial charge in [-0.25, -0.2) is 4.39 Å². The average Bonchev–Trinajstić information content (AvgIpc) is 2.80. The average molecular weight is 476 g/mol. The van der Waals surface area contributed by atoms with E-state index in [2.05, 4.69) is 10.6 Å². The number of hydrogen-bond acceptors (Lipinski definition) is 4. The molecule has 2 N–H and O–H groups in total. The van der Waals surface area contributed by atoms with E-state index in [9.17, 15) is 27.2 Å². The van der Waals surface area contributed by atoms with E-state index in [1.807, 2.05) is 0 Å². The van der Waals surface area contributed by atoms with Crippen LogP contribution >= 0.6 is 0 Å². The van der Waals surface area contributed by atoms with Crippen LogP contribution in [0.4, 0.5) is 28.9 Å². The van der Waals surface area contributed by atoms with Gasteiger partial charge in [-0.2, -0.15) is 13.2 Å². The fourth-order valence-electron chi connectivity index (χ4n) is 2.96. The van der Waals surface area contributed by atoms with E-state index in [4.69, 9.17) is 9.47 Å². The highest BCUT2D eigenvalue weighted by Crippen LogP contribution is 2.37. The monoisotopic (exact) mass is 476 g/mol. The van der Waals surface area contributed by atoms with Crippen LogP contribution in [0.25, 0.3) is 0 Å². The van der Waals surface area contributed by atoms with Gasteiger partial charge in [0.25, 0.3) is 11.8 Å². The molecule has 6 nitrogen and oxygen atoms in total. The van der Waals surface area contributed by atoms with E-state index >= 15 is 0 Å². The predicted molar refractivity (Wildman–Crippen MR) is 118 cm³/mol. The Bertz CT molecular complexity index is 1180. The topological polar surface area (TPSA) is 76.7 Å². The SMILES string of the molecule is COc1ccc(OC(C)C(=O)Nc2ccc(NC(=O)c3ccccc3F)cc2C(F)(F)F)cc1. The molecular formula is C24H20F4N2O4. The maximum atomic E-state index is 13.8. The smallest absolute Gasteiger partial charge is 0.418 e. The lowest BCUT2D eigenvalue weighted by Gasteiger charge is -2.19. The molecular weight excluding hydrogens is 456 g/mol. The van der Waals surface area contributed by atoms with Crippen LogP contribution in [0.3, 0.4) is 0 Å². The lowest BCUT2D eigenvalue weighted by Crippen LogP contribution is -2.31. The summed E-state index contributed by atoms with van der Waals surface area (Å²) in [5.74, 6) is -1.65. The summed E-state index contributed by atoms with van der Waals surface area (Å²) >= 11 is 0. The number of anilines is 2.